The van der Waals surface area contributed by atoms with E-state index in [-0.39, 0.29) is 28.2 Å². The van der Waals surface area contributed by atoms with Crippen molar-refractivity contribution in [1.82, 2.24) is 15.5 Å². The average Bonchev–Trinajstić information content (AvgIpc) is 3.62. The molecular weight excluding hydrogens is 556 g/mol. The number of hydrogen-bond donors (Lipinski definition) is 3. The number of amides is 1. The molecule has 216 valence electrons. The van der Waals surface area contributed by atoms with Gasteiger partial charge in [0, 0.05) is 43.7 Å². The van der Waals surface area contributed by atoms with Gasteiger partial charge in [0.25, 0.3) is 0 Å². The molecule has 39 heavy (non-hydrogen) atoms. The van der Waals surface area contributed by atoms with Gasteiger partial charge in [-0.2, -0.15) is 31.4 Å². The Morgan fingerprint density at radius 1 is 1.21 bits per heavy atom. The first-order valence-corrected chi connectivity index (χ1v) is 12.5. The number of nitrogens with zero attached hydrogens (tertiary/aromatic N) is 2. The Morgan fingerprint density at radius 3 is 2.44 bits per heavy atom. The number of carbonyl (C=O) groups excluding carboxylic acids is 2. The minimum absolute atomic E-state index is 0.108. The number of hydrogen-bond acceptors (Lipinski definition) is 6. The van der Waals surface area contributed by atoms with Crippen molar-refractivity contribution in [2.75, 3.05) is 37.0 Å². The molecule has 1 aromatic carbocycles. The quantitative estimate of drug-likeness (QED) is 0.306. The molecule has 0 bridgehead atoms. The van der Waals surface area contributed by atoms with Crippen LogP contribution >= 0.6 is 11.6 Å². The van der Waals surface area contributed by atoms with Crippen molar-refractivity contribution >= 4 is 34.9 Å². The number of halogens is 7. The molecule has 1 aliphatic carbocycles. The van der Waals surface area contributed by atoms with Crippen LogP contribution in [0.3, 0.4) is 0 Å². The van der Waals surface area contributed by atoms with Crippen LogP contribution in [0.25, 0.3) is 0 Å². The van der Waals surface area contributed by atoms with E-state index >= 15 is 0 Å². The zero-order valence-corrected chi connectivity index (χ0v) is 21.9. The van der Waals surface area contributed by atoms with E-state index in [4.69, 9.17) is 16.3 Å². The van der Waals surface area contributed by atoms with Crippen LogP contribution in [0.4, 0.5) is 37.7 Å². The maximum atomic E-state index is 12.2. The number of carbonyl (C=O) groups is 2. The third-order valence-corrected chi connectivity index (χ3v) is 6.42. The van der Waals surface area contributed by atoms with Gasteiger partial charge in [-0.1, -0.05) is 11.6 Å². The highest BCUT2D eigenvalue weighted by Gasteiger charge is 2.40. The number of anilines is 2. The first kappa shape index (κ1) is 30.5. The summed E-state index contributed by atoms with van der Waals surface area (Å²) < 4.78 is 78.0. The Labute approximate surface area is 225 Å². The molecule has 2 heterocycles. The van der Waals surface area contributed by atoms with E-state index < -0.39 is 42.8 Å². The molecule has 1 saturated heterocycles. The van der Waals surface area contributed by atoms with Crippen LogP contribution in [0.1, 0.15) is 60.3 Å². The molecule has 0 spiro atoms. The summed E-state index contributed by atoms with van der Waals surface area (Å²) in [6.45, 7) is 4.34. The Bertz CT molecular complexity index is 1170. The fraction of sp³-hybridized carbons (Fsp3) is 0.542. The predicted molar refractivity (Wildman–Crippen MR) is 132 cm³/mol. The SMILES string of the molecule is COC(=O)c1cc(N2CCN[C@@H](C)C2)ccc1NC(=O)CCC(F)(F)F.FC(F)(F)c1n[nH]c(C2CC2)c1Cl. The molecule has 2 fully saturated rings. The summed E-state index contributed by atoms with van der Waals surface area (Å²) in [6.07, 6.45) is -9.02. The maximum Gasteiger partial charge on any atom is 0.436 e. The Hall–Kier alpha value is -3.00. The van der Waals surface area contributed by atoms with E-state index in [2.05, 4.69) is 25.7 Å². The van der Waals surface area contributed by atoms with E-state index in [0.29, 0.717) is 5.69 Å². The number of esters is 1. The molecule has 1 atom stereocenters. The monoisotopic (exact) mass is 583 g/mol. The van der Waals surface area contributed by atoms with Crippen molar-refractivity contribution in [2.24, 2.45) is 0 Å². The molecule has 2 aromatic rings. The second-order valence-corrected chi connectivity index (χ2v) is 9.64. The molecule has 15 heteroatoms. The molecule has 0 radical (unpaired) electrons. The van der Waals surface area contributed by atoms with Crippen LogP contribution < -0.4 is 15.5 Å². The van der Waals surface area contributed by atoms with Gasteiger partial charge in [-0.05, 0) is 38.0 Å². The van der Waals surface area contributed by atoms with Crippen LogP contribution in [0.5, 0.6) is 0 Å². The lowest BCUT2D eigenvalue weighted by Gasteiger charge is -2.34. The average molecular weight is 584 g/mol. The largest absolute Gasteiger partial charge is 0.465 e. The van der Waals surface area contributed by atoms with Gasteiger partial charge in [0.05, 0.1) is 35.5 Å². The van der Waals surface area contributed by atoms with Crippen LogP contribution in [0.15, 0.2) is 18.2 Å². The third-order valence-electron chi connectivity index (χ3n) is 6.04. The molecule has 2 aliphatic rings. The lowest BCUT2D eigenvalue weighted by atomic mass is 10.1. The van der Waals surface area contributed by atoms with Crippen LogP contribution in [0, 0.1) is 0 Å². The summed E-state index contributed by atoms with van der Waals surface area (Å²) in [5, 5.41) is 10.9. The predicted octanol–water partition coefficient (Wildman–Crippen LogP) is 5.51. The smallest absolute Gasteiger partial charge is 0.436 e. The van der Waals surface area contributed by atoms with E-state index in [1.807, 2.05) is 6.92 Å². The van der Waals surface area contributed by atoms with Gasteiger partial charge in [0.1, 0.15) is 0 Å². The van der Waals surface area contributed by atoms with Crippen molar-refractivity contribution in [1.29, 1.82) is 0 Å². The zero-order valence-electron chi connectivity index (χ0n) is 21.1. The number of piperazine rings is 1. The van der Waals surface area contributed by atoms with Gasteiger partial charge >= 0.3 is 18.3 Å². The van der Waals surface area contributed by atoms with Gasteiger partial charge in [-0.25, -0.2) is 4.79 Å². The highest BCUT2D eigenvalue weighted by atomic mass is 35.5. The van der Waals surface area contributed by atoms with Crippen molar-refractivity contribution in [3.8, 4) is 0 Å². The van der Waals surface area contributed by atoms with Crippen LogP contribution in [0.2, 0.25) is 5.02 Å². The Kier molecular flexibility index (Phi) is 9.75. The van der Waals surface area contributed by atoms with Crippen molar-refractivity contribution < 1.29 is 40.7 Å². The molecule has 1 aliphatic heterocycles. The normalized spacial score (nSPS) is 17.8. The lowest BCUT2D eigenvalue weighted by molar-refractivity contribution is -0.142. The molecule has 1 saturated carbocycles. The number of rotatable bonds is 6. The second kappa shape index (κ2) is 12.5. The summed E-state index contributed by atoms with van der Waals surface area (Å²) in [5.41, 5.74) is 0.449. The fourth-order valence-corrected chi connectivity index (χ4v) is 4.27. The highest BCUT2D eigenvalue weighted by molar-refractivity contribution is 6.32. The topological polar surface area (TPSA) is 99.3 Å². The Morgan fingerprint density at radius 2 is 1.90 bits per heavy atom. The number of aromatic nitrogens is 2. The molecule has 4 rings (SSSR count). The Balaban J connectivity index is 0.000000268. The van der Waals surface area contributed by atoms with Crippen molar-refractivity contribution in [3.63, 3.8) is 0 Å². The van der Waals surface area contributed by atoms with E-state index in [0.717, 1.165) is 38.2 Å². The lowest BCUT2D eigenvalue weighted by Crippen LogP contribution is -2.49. The summed E-state index contributed by atoms with van der Waals surface area (Å²) >= 11 is 5.53. The molecular formula is C24H28ClF6N5O3. The van der Waals surface area contributed by atoms with Gasteiger partial charge in [-0.3, -0.25) is 9.89 Å². The van der Waals surface area contributed by atoms with Crippen molar-refractivity contribution in [3.05, 3.63) is 40.2 Å². The first-order chi connectivity index (χ1) is 18.2. The highest BCUT2D eigenvalue weighted by Crippen LogP contribution is 2.45. The summed E-state index contributed by atoms with van der Waals surface area (Å²) in [6, 6.07) is 5.11. The first-order valence-electron chi connectivity index (χ1n) is 12.1. The van der Waals surface area contributed by atoms with E-state index in [9.17, 15) is 35.9 Å². The van der Waals surface area contributed by atoms with Crippen LogP contribution in [-0.2, 0) is 15.7 Å². The number of nitrogens with one attached hydrogen (secondary N) is 3. The fourth-order valence-electron chi connectivity index (χ4n) is 3.92. The molecule has 1 amide bonds. The van der Waals surface area contributed by atoms with Gasteiger partial charge in [0.2, 0.25) is 5.91 Å². The molecule has 0 unspecified atom stereocenters. The zero-order chi connectivity index (χ0) is 29.0. The van der Waals surface area contributed by atoms with Gasteiger partial charge in [-0.15, -0.1) is 0 Å². The molecule has 8 nitrogen and oxygen atoms in total. The van der Waals surface area contributed by atoms with E-state index in [1.54, 1.807) is 12.1 Å². The molecule has 1 aromatic heterocycles. The van der Waals surface area contributed by atoms with Crippen molar-refractivity contribution in [2.45, 2.75) is 56.9 Å². The molecule has 3 N–H and O–H groups in total. The summed E-state index contributed by atoms with van der Waals surface area (Å²) in [5.74, 6) is -1.33. The third kappa shape index (κ3) is 8.75. The van der Waals surface area contributed by atoms with E-state index in [1.165, 1.54) is 13.2 Å². The minimum atomic E-state index is -4.46. The number of aromatic amines is 1. The second-order valence-electron chi connectivity index (χ2n) is 9.26. The summed E-state index contributed by atoms with van der Waals surface area (Å²) in [4.78, 5) is 25.9. The van der Waals surface area contributed by atoms with Crippen LogP contribution in [-0.4, -0.2) is 61.0 Å². The number of benzene rings is 1. The minimum Gasteiger partial charge on any atom is -0.465 e. The number of methoxy groups -OCH3 is 1. The van der Waals surface area contributed by atoms with Gasteiger partial charge in [0.15, 0.2) is 5.69 Å². The van der Waals surface area contributed by atoms with Gasteiger partial charge < -0.3 is 20.3 Å². The number of alkyl halides is 6. The standard InChI is InChI=1S/C17H22F3N3O3.C7H6ClF3N2/c1-11-10-23(8-7-21-11)12-3-4-14(13(9-12)16(25)26-2)22-15(24)5-6-17(18,19)20;8-4-5(3-1-2-3)12-13-6(4)7(9,10)11/h3-4,9,11,21H,5-8,10H2,1-2H3,(H,22,24);3H,1-2H2,(H,12,13)/t11-;/m0./s1. The number of H-pyrrole nitrogens is 1. The summed E-state index contributed by atoms with van der Waals surface area (Å²) in [7, 11) is 1.21. The number of ether oxygens (including phenoxy) is 1. The maximum absolute atomic E-state index is 12.2.